The van der Waals surface area contributed by atoms with Crippen LogP contribution in [-0.4, -0.2) is 5.91 Å². The summed E-state index contributed by atoms with van der Waals surface area (Å²) in [5.41, 5.74) is 1.70. The molecule has 0 aliphatic rings. The molecule has 6 heteroatoms. The van der Waals surface area contributed by atoms with Crippen molar-refractivity contribution in [3.8, 4) is 0 Å². The predicted octanol–water partition coefficient (Wildman–Crippen LogP) is 5.81. The van der Waals surface area contributed by atoms with Crippen LogP contribution in [0, 0.1) is 10.5 Å². The quantitative estimate of drug-likeness (QED) is 0.587. The number of carbonyl (C=O) groups is 1. The predicted molar refractivity (Wildman–Crippen MR) is 93.3 cm³/mol. The van der Waals surface area contributed by atoms with E-state index in [0.29, 0.717) is 26.3 Å². The molecule has 0 aromatic heterocycles. The Balaban J connectivity index is 2.32. The lowest BCUT2D eigenvalue weighted by Gasteiger charge is -2.11. The second-order valence-corrected chi connectivity index (χ2v) is 6.49. The van der Waals surface area contributed by atoms with Crippen molar-refractivity contribution in [2.45, 2.75) is 6.92 Å². The van der Waals surface area contributed by atoms with Crippen LogP contribution in [-0.2, 0) is 0 Å². The molecule has 0 unspecified atom stereocenters. The summed E-state index contributed by atoms with van der Waals surface area (Å²) >= 11 is 20.3. The number of amides is 1. The highest BCUT2D eigenvalue weighted by Gasteiger charge is 2.14. The summed E-state index contributed by atoms with van der Waals surface area (Å²) in [6.45, 7) is 1.84. The van der Waals surface area contributed by atoms with Gasteiger partial charge in [0.2, 0.25) is 0 Å². The van der Waals surface area contributed by atoms with Crippen LogP contribution in [0.1, 0.15) is 15.9 Å². The Morgan fingerprint density at radius 2 is 1.80 bits per heavy atom. The molecule has 0 aliphatic carbocycles. The van der Waals surface area contributed by atoms with Gasteiger partial charge in [-0.3, -0.25) is 4.79 Å². The molecule has 2 aromatic carbocycles. The Labute approximate surface area is 145 Å². The van der Waals surface area contributed by atoms with Gasteiger partial charge in [-0.05, 0) is 59.3 Å². The number of benzene rings is 2. The molecular formula is C14H9Cl3INO. The molecule has 1 N–H and O–H groups in total. The number of nitrogens with one attached hydrogen (secondary N) is 1. The summed E-state index contributed by atoms with van der Waals surface area (Å²) in [5.74, 6) is -0.308. The molecule has 0 spiro atoms. The number of hydrogen-bond donors (Lipinski definition) is 1. The van der Waals surface area contributed by atoms with Crippen molar-refractivity contribution in [1.29, 1.82) is 0 Å². The van der Waals surface area contributed by atoms with Crippen LogP contribution in [0.15, 0.2) is 30.3 Å². The molecule has 1 amide bonds. The standard InChI is InChI=1S/C14H9Cl3INO/c1-7-2-4-9(15)13(12(7)17)19-14(20)8-3-5-11(18)10(16)6-8/h2-6H,1H3,(H,19,20). The van der Waals surface area contributed by atoms with Gasteiger partial charge in [-0.25, -0.2) is 0 Å². The zero-order valence-electron chi connectivity index (χ0n) is 10.3. The van der Waals surface area contributed by atoms with Gasteiger partial charge in [-0.2, -0.15) is 0 Å². The highest BCUT2D eigenvalue weighted by molar-refractivity contribution is 14.1. The van der Waals surface area contributed by atoms with Gasteiger partial charge in [-0.1, -0.05) is 40.9 Å². The van der Waals surface area contributed by atoms with Crippen LogP contribution in [0.3, 0.4) is 0 Å². The molecule has 0 fully saturated rings. The fourth-order valence-corrected chi connectivity index (χ4v) is 2.58. The third kappa shape index (κ3) is 3.39. The number of aryl methyl sites for hydroxylation is 1. The minimum Gasteiger partial charge on any atom is -0.319 e. The maximum absolute atomic E-state index is 12.2. The second kappa shape index (κ2) is 6.52. The first-order chi connectivity index (χ1) is 9.40. The maximum Gasteiger partial charge on any atom is 0.255 e. The average Bonchev–Trinajstić information content (AvgIpc) is 2.42. The molecule has 0 atom stereocenters. The first-order valence-corrected chi connectivity index (χ1v) is 7.82. The van der Waals surface area contributed by atoms with E-state index in [1.165, 1.54) is 0 Å². The van der Waals surface area contributed by atoms with E-state index in [4.69, 9.17) is 34.8 Å². The van der Waals surface area contributed by atoms with Gasteiger partial charge >= 0.3 is 0 Å². The Hall–Kier alpha value is -0.490. The third-order valence-corrected chi connectivity index (χ3v) is 5.08. The van der Waals surface area contributed by atoms with Crippen LogP contribution < -0.4 is 5.32 Å². The molecule has 0 radical (unpaired) electrons. The lowest BCUT2D eigenvalue weighted by molar-refractivity contribution is 0.102. The summed E-state index contributed by atoms with van der Waals surface area (Å²) in [6, 6.07) is 8.56. The van der Waals surface area contributed by atoms with Crippen molar-refractivity contribution in [2.75, 3.05) is 5.32 Å². The van der Waals surface area contributed by atoms with Crippen molar-refractivity contribution in [2.24, 2.45) is 0 Å². The van der Waals surface area contributed by atoms with Crippen LogP contribution in [0.25, 0.3) is 0 Å². The van der Waals surface area contributed by atoms with E-state index in [2.05, 4.69) is 27.9 Å². The Morgan fingerprint density at radius 3 is 2.45 bits per heavy atom. The van der Waals surface area contributed by atoms with E-state index in [9.17, 15) is 4.79 Å². The van der Waals surface area contributed by atoms with E-state index in [1.54, 1.807) is 30.3 Å². The lowest BCUT2D eigenvalue weighted by atomic mass is 10.2. The zero-order valence-corrected chi connectivity index (χ0v) is 14.7. The monoisotopic (exact) mass is 439 g/mol. The minimum atomic E-state index is -0.308. The molecule has 2 aromatic rings. The highest BCUT2D eigenvalue weighted by Crippen LogP contribution is 2.33. The molecule has 20 heavy (non-hydrogen) atoms. The molecule has 0 bridgehead atoms. The van der Waals surface area contributed by atoms with E-state index in [1.807, 2.05) is 6.92 Å². The van der Waals surface area contributed by atoms with E-state index in [-0.39, 0.29) is 5.91 Å². The van der Waals surface area contributed by atoms with Crippen molar-refractivity contribution < 1.29 is 4.79 Å². The number of rotatable bonds is 2. The summed E-state index contributed by atoms with van der Waals surface area (Å²) in [5, 5.41) is 4.07. The normalized spacial score (nSPS) is 10.4. The van der Waals surface area contributed by atoms with Crippen molar-refractivity contribution >= 4 is 69.0 Å². The van der Waals surface area contributed by atoms with Crippen LogP contribution in [0.5, 0.6) is 0 Å². The number of hydrogen-bond acceptors (Lipinski definition) is 1. The van der Waals surface area contributed by atoms with Gasteiger partial charge in [0.15, 0.2) is 0 Å². The zero-order chi connectivity index (χ0) is 14.9. The molecule has 0 aliphatic heterocycles. The van der Waals surface area contributed by atoms with Crippen molar-refractivity contribution in [1.82, 2.24) is 0 Å². The SMILES string of the molecule is Cc1ccc(Cl)c(NC(=O)c2ccc(I)c(Cl)c2)c1Cl. The minimum absolute atomic E-state index is 0.308. The van der Waals surface area contributed by atoms with Gasteiger partial charge < -0.3 is 5.32 Å². The number of anilines is 1. The molecule has 0 heterocycles. The second-order valence-electron chi connectivity index (χ2n) is 4.14. The first kappa shape index (κ1) is 15.9. The average molecular weight is 440 g/mol. The lowest BCUT2D eigenvalue weighted by Crippen LogP contribution is -2.13. The fraction of sp³-hybridized carbons (Fsp3) is 0.0714. The summed E-state index contributed by atoms with van der Waals surface area (Å²) < 4.78 is 0.882. The van der Waals surface area contributed by atoms with E-state index in [0.717, 1.165) is 9.13 Å². The van der Waals surface area contributed by atoms with Gasteiger partial charge in [-0.15, -0.1) is 0 Å². The molecule has 2 nitrogen and oxygen atoms in total. The van der Waals surface area contributed by atoms with Gasteiger partial charge in [0.05, 0.1) is 20.8 Å². The van der Waals surface area contributed by atoms with Gasteiger partial charge in [0.25, 0.3) is 5.91 Å². The van der Waals surface area contributed by atoms with Crippen LogP contribution in [0.2, 0.25) is 15.1 Å². The highest BCUT2D eigenvalue weighted by atomic mass is 127. The molecule has 104 valence electrons. The largest absolute Gasteiger partial charge is 0.319 e. The van der Waals surface area contributed by atoms with Crippen LogP contribution in [0.4, 0.5) is 5.69 Å². The first-order valence-electron chi connectivity index (χ1n) is 5.61. The Kier molecular flexibility index (Phi) is 5.18. The smallest absolute Gasteiger partial charge is 0.255 e. The fourth-order valence-electron chi connectivity index (χ4n) is 1.59. The van der Waals surface area contributed by atoms with Crippen LogP contribution >= 0.6 is 57.4 Å². The van der Waals surface area contributed by atoms with Crippen molar-refractivity contribution in [3.63, 3.8) is 0 Å². The summed E-state index contributed by atoms with van der Waals surface area (Å²) in [7, 11) is 0. The topological polar surface area (TPSA) is 29.1 Å². The molecule has 2 rings (SSSR count). The molecule has 0 saturated heterocycles. The van der Waals surface area contributed by atoms with Crippen molar-refractivity contribution in [3.05, 3.63) is 60.1 Å². The van der Waals surface area contributed by atoms with E-state index < -0.39 is 0 Å². The summed E-state index contributed by atoms with van der Waals surface area (Å²) in [6.07, 6.45) is 0. The Bertz CT molecular complexity index is 688. The number of carbonyl (C=O) groups excluding carboxylic acids is 1. The van der Waals surface area contributed by atoms with Gasteiger partial charge in [0, 0.05) is 9.13 Å². The third-order valence-electron chi connectivity index (χ3n) is 2.70. The maximum atomic E-state index is 12.2. The van der Waals surface area contributed by atoms with Gasteiger partial charge in [0.1, 0.15) is 0 Å². The Morgan fingerprint density at radius 1 is 1.10 bits per heavy atom. The summed E-state index contributed by atoms with van der Waals surface area (Å²) in [4.78, 5) is 12.2. The molecule has 0 saturated carbocycles. The molecular weight excluding hydrogens is 431 g/mol. The number of halogens is 4. The van der Waals surface area contributed by atoms with E-state index >= 15 is 0 Å².